The maximum Gasteiger partial charge on any atom is 0.416 e. The average molecular weight is 495 g/mol. The summed E-state index contributed by atoms with van der Waals surface area (Å²) < 4.78 is 80.5. The number of hydrogen-bond acceptors (Lipinski definition) is 3. The lowest BCUT2D eigenvalue weighted by atomic mass is 9.87. The minimum absolute atomic E-state index is 0.0847. The number of carbonyl (C=O) groups is 1. The van der Waals surface area contributed by atoms with Crippen LogP contribution in [0.25, 0.3) is 11.1 Å². The summed E-state index contributed by atoms with van der Waals surface area (Å²) in [5.41, 5.74) is -0.0942. The number of rotatable bonds is 7. The van der Waals surface area contributed by atoms with Crippen LogP contribution in [0.15, 0.2) is 71.6 Å². The summed E-state index contributed by atoms with van der Waals surface area (Å²) in [6.45, 7) is 3.32. The van der Waals surface area contributed by atoms with Gasteiger partial charge in [0.2, 0.25) is 0 Å². The van der Waals surface area contributed by atoms with Gasteiger partial charge in [0, 0.05) is 5.69 Å². The molecule has 0 aromatic heterocycles. The average Bonchev–Trinajstić information content (AvgIpc) is 2.74. The molecule has 0 aliphatic rings. The van der Waals surface area contributed by atoms with E-state index in [9.17, 15) is 35.9 Å². The number of halogens is 4. The minimum Gasteiger partial charge on any atom is -0.481 e. The van der Waals surface area contributed by atoms with E-state index in [1.807, 2.05) is 0 Å². The van der Waals surface area contributed by atoms with Crippen LogP contribution in [0.1, 0.15) is 30.9 Å². The highest BCUT2D eigenvalue weighted by molar-refractivity contribution is 7.92. The largest absolute Gasteiger partial charge is 0.481 e. The van der Waals surface area contributed by atoms with Crippen molar-refractivity contribution in [1.29, 1.82) is 0 Å². The van der Waals surface area contributed by atoms with E-state index in [1.165, 1.54) is 42.5 Å². The molecule has 3 rings (SSSR count). The molecule has 0 bridgehead atoms. The molecule has 0 spiro atoms. The number of alkyl halides is 3. The van der Waals surface area contributed by atoms with Gasteiger partial charge in [0.05, 0.1) is 16.4 Å². The van der Waals surface area contributed by atoms with Crippen LogP contribution >= 0.6 is 0 Å². The molecule has 0 fully saturated rings. The van der Waals surface area contributed by atoms with Crippen molar-refractivity contribution in [3.63, 3.8) is 0 Å². The first-order valence-corrected chi connectivity index (χ1v) is 11.6. The molecule has 5 nitrogen and oxygen atoms in total. The van der Waals surface area contributed by atoms with Crippen molar-refractivity contribution < 1.29 is 35.9 Å². The number of sulfonamides is 1. The first-order chi connectivity index (χ1) is 15.8. The van der Waals surface area contributed by atoms with Crippen LogP contribution in [0, 0.1) is 11.7 Å². The molecule has 180 valence electrons. The lowest BCUT2D eigenvalue weighted by molar-refractivity contribution is -0.140. The van der Waals surface area contributed by atoms with E-state index in [1.54, 1.807) is 13.8 Å². The third kappa shape index (κ3) is 5.74. The topological polar surface area (TPSA) is 83.5 Å². The maximum atomic E-state index is 13.2. The molecule has 1 unspecified atom stereocenters. The van der Waals surface area contributed by atoms with E-state index >= 15 is 0 Å². The van der Waals surface area contributed by atoms with E-state index in [4.69, 9.17) is 0 Å². The van der Waals surface area contributed by atoms with Gasteiger partial charge >= 0.3 is 12.1 Å². The highest BCUT2D eigenvalue weighted by Crippen LogP contribution is 2.35. The lowest BCUT2D eigenvalue weighted by Crippen LogP contribution is -2.19. The standard InChI is InChI=1S/C24H21F4NO4S/c1-14(2)22(23(30)31)17-11-16(15-3-5-18(6-4-15)24(26,27)28)12-21(13-17)34(32,33)29-20-9-7-19(25)8-10-20/h3-14,22,29H,1-2H3,(H,30,31). The number of aliphatic carboxylic acids is 1. The van der Waals surface area contributed by atoms with Crippen molar-refractivity contribution in [3.8, 4) is 11.1 Å². The van der Waals surface area contributed by atoms with Crippen molar-refractivity contribution in [3.05, 3.63) is 83.7 Å². The summed E-state index contributed by atoms with van der Waals surface area (Å²) >= 11 is 0. The van der Waals surface area contributed by atoms with E-state index in [2.05, 4.69) is 4.72 Å². The first-order valence-electron chi connectivity index (χ1n) is 10.1. The van der Waals surface area contributed by atoms with Gasteiger partial charge in [-0.15, -0.1) is 0 Å². The van der Waals surface area contributed by atoms with Crippen molar-refractivity contribution >= 4 is 21.7 Å². The predicted octanol–water partition coefficient (Wildman–Crippen LogP) is 6.14. The molecule has 0 saturated heterocycles. The van der Waals surface area contributed by atoms with Crippen LogP contribution in [-0.4, -0.2) is 19.5 Å². The molecule has 0 aliphatic heterocycles. The number of nitrogens with one attached hydrogen (secondary N) is 1. The Balaban J connectivity index is 2.14. The molecule has 2 N–H and O–H groups in total. The van der Waals surface area contributed by atoms with Crippen molar-refractivity contribution in [2.24, 2.45) is 5.92 Å². The van der Waals surface area contributed by atoms with Gasteiger partial charge in [0.25, 0.3) is 10.0 Å². The summed E-state index contributed by atoms with van der Waals surface area (Å²) in [5, 5.41) is 9.71. The summed E-state index contributed by atoms with van der Waals surface area (Å²) in [6.07, 6.45) is -4.54. The van der Waals surface area contributed by atoms with Crippen molar-refractivity contribution in [2.75, 3.05) is 4.72 Å². The Hall–Kier alpha value is -3.40. The smallest absolute Gasteiger partial charge is 0.416 e. The Morgan fingerprint density at radius 2 is 1.50 bits per heavy atom. The number of benzene rings is 3. The van der Waals surface area contributed by atoms with Gasteiger partial charge in [0.1, 0.15) is 5.82 Å². The number of carboxylic acid groups (broad SMARTS) is 1. The maximum absolute atomic E-state index is 13.2. The summed E-state index contributed by atoms with van der Waals surface area (Å²) in [7, 11) is -4.24. The Morgan fingerprint density at radius 3 is 2.00 bits per heavy atom. The third-order valence-corrected chi connectivity index (χ3v) is 6.53. The molecule has 0 aliphatic carbocycles. The Labute approximate surface area is 194 Å². The Bertz CT molecular complexity index is 1290. The fourth-order valence-electron chi connectivity index (χ4n) is 3.52. The zero-order valence-electron chi connectivity index (χ0n) is 18.1. The molecule has 0 saturated carbocycles. The van der Waals surface area contributed by atoms with Crippen LogP contribution in [0.5, 0.6) is 0 Å². The normalized spacial score (nSPS) is 13.0. The van der Waals surface area contributed by atoms with E-state index in [-0.39, 0.29) is 27.3 Å². The quantitative estimate of drug-likeness (QED) is 0.386. The van der Waals surface area contributed by atoms with Gasteiger partial charge < -0.3 is 5.11 Å². The fourth-order valence-corrected chi connectivity index (χ4v) is 4.66. The molecule has 34 heavy (non-hydrogen) atoms. The second-order valence-corrected chi connectivity index (χ2v) is 9.72. The highest BCUT2D eigenvalue weighted by atomic mass is 32.2. The Morgan fingerprint density at radius 1 is 0.912 bits per heavy atom. The van der Waals surface area contributed by atoms with Gasteiger partial charge in [0.15, 0.2) is 0 Å². The Kier molecular flexibility index (Phi) is 7.02. The summed E-state index contributed by atoms with van der Waals surface area (Å²) in [4.78, 5) is 11.6. The predicted molar refractivity (Wildman–Crippen MR) is 119 cm³/mol. The van der Waals surface area contributed by atoms with Crippen LogP contribution in [0.2, 0.25) is 0 Å². The first kappa shape index (κ1) is 25.2. The number of anilines is 1. The minimum atomic E-state index is -4.54. The van der Waals surface area contributed by atoms with Gasteiger partial charge in [-0.1, -0.05) is 32.0 Å². The van der Waals surface area contributed by atoms with Crippen LogP contribution in [0.3, 0.4) is 0 Å². The van der Waals surface area contributed by atoms with Gasteiger partial charge in [-0.05, 0) is 71.1 Å². The summed E-state index contributed by atoms with van der Waals surface area (Å²) in [6, 6.07) is 12.6. The second-order valence-electron chi connectivity index (χ2n) is 8.04. The van der Waals surface area contributed by atoms with Crippen molar-refractivity contribution in [2.45, 2.75) is 30.8 Å². The molecule has 3 aromatic rings. The molecular formula is C24H21F4NO4S. The van der Waals surface area contributed by atoms with E-state index in [0.29, 0.717) is 0 Å². The monoisotopic (exact) mass is 495 g/mol. The fraction of sp³-hybridized carbons (Fsp3) is 0.208. The molecular weight excluding hydrogens is 474 g/mol. The molecule has 3 aromatic carbocycles. The van der Waals surface area contributed by atoms with E-state index < -0.39 is 45.4 Å². The van der Waals surface area contributed by atoms with Gasteiger partial charge in [-0.25, -0.2) is 12.8 Å². The number of carboxylic acids is 1. The van der Waals surface area contributed by atoms with E-state index in [0.717, 1.165) is 24.3 Å². The van der Waals surface area contributed by atoms with Crippen LogP contribution in [0.4, 0.5) is 23.2 Å². The highest BCUT2D eigenvalue weighted by Gasteiger charge is 2.30. The van der Waals surface area contributed by atoms with Crippen LogP contribution in [-0.2, 0) is 21.0 Å². The lowest BCUT2D eigenvalue weighted by Gasteiger charge is -2.19. The SMILES string of the molecule is CC(C)C(C(=O)O)c1cc(-c2ccc(C(F)(F)F)cc2)cc(S(=O)(=O)Nc2ccc(F)cc2)c1. The molecule has 0 heterocycles. The van der Waals surface area contributed by atoms with Gasteiger partial charge in [-0.3, -0.25) is 9.52 Å². The molecule has 0 radical (unpaired) electrons. The molecule has 10 heteroatoms. The van der Waals surface area contributed by atoms with Crippen LogP contribution < -0.4 is 4.72 Å². The third-order valence-electron chi connectivity index (χ3n) is 5.17. The van der Waals surface area contributed by atoms with Gasteiger partial charge in [-0.2, -0.15) is 13.2 Å². The second kappa shape index (κ2) is 9.46. The zero-order valence-corrected chi connectivity index (χ0v) is 18.9. The number of hydrogen-bond donors (Lipinski definition) is 2. The molecule has 1 atom stereocenters. The molecule has 0 amide bonds. The zero-order chi connectivity index (χ0) is 25.3. The van der Waals surface area contributed by atoms with Crippen molar-refractivity contribution in [1.82, 2.24) is 0 Å². The summed E-state index contributed by atoms with van der Waals surface area (Å²) in [5.74, 6) is -3.19.